The van der Waals surface area contributed by atoms with Gasteiger partial charge in [0.2, 0.25) is 11.8 Å². The number of carbonyl (C=O) groups excluding carboxylic acids is 3. The zero-order chi connectivity index (χ0) is 28.7. The van der Waals surface area contributed by atoms with Crippen molar-refractivity contribution in [2.45, 2.75) is 68.5 Å². The number of aryl methyl sites for hydroxylation is 1. The van der Waals surface area contributed by atoms with Gasteiger partial charge in [-0.25, -0.2) is 0 Å². The third kappa shape index (κ3) is 4.62. The lowest BCUT2D eigenvalue weighted by Crippen LogP contribution is -2.57. The van der Waals surface area contributed by atoms with Gasteiger partial charge in [0.1, 0.15) is 6.04 Å². The summed E-state index contributed by atoms with van der Waals surface area (Å²) in [6.45, 7) is 16.4. The van der Waals surface area contributed by atoms with Gasteiger partial charge in [0.15, 0.2) is 0 Å². The normalized spacial score (nSPS) is 29.7. The van der Waals surface area contributed by atoms with Crippen molar-refractivity contribution in [1.82, 2.24) is 9.80 Å². The van der Waals surface area contributed by atoms with E-state index in [0.717, 1.165) is 18.4 Å². The van der Waals surface area contributed by atoms with Gasteiger partial charge in [-0.05, 0) is 51.7 Å². The SMILES string of the molecule is C=CCN(CCC)C(=O)[C@H]1[C@H]2C(=O)N([C@H](C)CO)C(C(=O)N(CC=C)c3c(C)cccc3Cl)C23CC[C@]1(C)S3. The molecule has 0 saturated carbocycles. The number of aliphatic hydroxyl groups excluding tert-OH is 1. The lowest BCUT2D eigenvalue weighted by Gasteiger charge is -2.39. The molecule has 7 nitrogen and oxygen atoms in total. The first kappa shape index (κ1) is 29.7. The number of aliphatic hydroxyl groups is 1. The van der Waals surface area contributed by atoms with Crippen LogP contribution >= 0.6 is 23.4 Å². The van der Waals surface area contributed by atoms with Crippen molar-refractivity contribution < 1.29 is 19.5 Å². The highest BCUT2D eigenvalue weighted by Crippen LogP contribution is 2.72. The number of halogens is 1. The third-order valence-corrected chi connectivity index (χ3v) is 10.9. The highest BCUT2D eigenvalue weighted by atomic mass is 35.5. The molecule has 3 amide bonds. The highest BCUT2D eigenvalue weighted by molar-refractivity contribution is 8.02. The Morgan fingerprint density at radius 2 is 1.95 bits per heavy atom. The van der Waals surface area contributed by atoms with Crippen LogP contribution in [0, 0.1) is 18.8 Å². The second-order valence-corrected chi connectivity index (χ2v) is 13.5. The maximum absolute atomic E-state index is 14.7. The number of likely N-dealkylation sites (tertiary alicyclic amines) is 1. The van der Waals surface area contributed by atoms with Crippen molar-refractivity contribution in [2.75, 3.05) is 31.1 Å². The lowest BCUT2D eigenvalue weighted by molar-refractivity contribution is -0.146. The average Bonchev–Trinajstić information content (AvgIpc) is 3.47. The predicted octanol–water partition coefficient (Wildman–Crippen LogP) is 4.45. The molecule has 1 N–H and O–H groups in total. The van der Waals surface area contributed by atoms with E-state index < -0.39 is 33.4 Å². The summed E-state index contributed by atoms with van der Waals surface area (Å²) < 4.78 is -1.26. The topological polar surface area (TPSA) is 81.2 Å². The average molecular weight is 574 g/mol. The maximum atomic E-state index is 14.7. The van der Waals surface area contributed by atoms with Gasteiger partial charge in [-0.15, -0.1) is 24.9 Å². The van der Waals surface area contributed by atoms with Crippen LogP contribution in [0.25, 0.3) is 0 Å². The minimum absolute atomic E-state index is 0.0544. The molecule has 1 spiro atoms. The fourth-order valence-corrected chi connectivity index (χ4v) is 9.68. The van der Waals surface area contributed by atoms with E-state index >= 15 is 0 Å². The number of nitrogens with zero attached hydrogens (tertiary/aromatic N) is 3. The summed E-state index contributed by atoms with van der Waals surface area (Å²) in [5.74, 6) is -1.76. The van der Waals surface area contributed by atoms with E-state index in [1.54, 1.807) is 51.6 Å². The van der Waals surface area contributed by atoms with Gasteiger partial charge in [-0.2, -0.15) is 0 Å². The summed E-state index contributed by atoms with van der Waals surface area (Å²) in [7, 11) is 0. The Hall–Kier alpha value is -2.29. The first-order valence-corrected chi connectivity index (χ1v) is 14.9. The Morgan fingerprint density at radius 3 is 2.54 bits per heavy atom. The number of rotatable bonds is 11. The Morgan fingerprint density at radius 1 is 1.26 bits per heavy atom. The van der Waals surface area contributed by atoms with Crippen molar-refractivity contribution >= 4 is 46.8 Å². The Bertz CT molecular complexity index is 1160. The smallest absolute Gasteiger partial charge is 0.251 e. The molecule has 1 aromatic carbocycles. The Balaban J connectivity index is 1.85. The van der Waals surface area contributed by atoms with Crippen LogP contribution in [-0.4, -0.2) is 80.4 Å². The zero-order valence-electron chi connectivity index (χ0n) is 23.4. The van der Waals surface area contributed by atoms with E-state index in [-0.39, 0.29) is 30.9 Å². The molecule has 2 bridgehead atoms. The second kappa shape index (κ2) is 11.3. The van der Waals surface area contributed by atoms with Gasteiger partial charge in [-0.3, -0.25) is 14.4 Å². The molecule has 3 saturated heterocycles. The molecule has 212 valence electrons. The third-order valence-electron chi connectivity index (χ3n) is 8.64. The van der Waals surface area contributed by atoms with E-state index in [4.69, 9.17) is 11.6 Å². The van der Waals surface area contributed by atoms with E-state index in [2.05, 4.69) is 20.1 Å². The van der Waals surface area contributed by atoms with E-state index in [1.807, 2.05) is 26.0 Å². The van der Waals surface area contributed by atoms with Crippen molar-refractivity contribution in [3.63, 3.8) is 0 Å². The first-order valence-electron chi connectivity index (χ1n) is 13.7. The van der Waals surface area contributed by atoms with Gasteiger partial charge in [0.05, 0.1) is 39.9 Å². The molecule has 0 aliphatic carbocycles. The van der Waals surface area contributed by atoms with Crippen LogP contribution in [0.5, 0.6) is 0 Å². The molecular weight excluding hydrogens is 534 g/mol. The van der Waals surface area contributed by atoms with Gasteiger partial charge in [0.25, 0.3) is 5.91 Å². The molecule has 39 heavy (non-hydrogen) atoms. The summed E-state index contributed by atoms with van der Waals surface area (Å²) in [5, 5.41) is 10.6. The summed E-state index contributed by atoms with van der Waals surface area (Å²) >= 11 is 8.25. The van der Waals surface area contributed by atoms with Crippen molar-refractivity contribution in [3.8, 4) is 0 Å². The Kier molecular flexibility index (Phi) is 8.60. The molecule has 0 aromatic heterocycles. The van der Waals surface area contributed by atoms with Gasteiger partial charge in [0, 0.05) is 24.4 Å². The molecule has 3 aliphatic heterocycles. The summed E-state index contributed by atoms with van der Waals surface area (Å²) in [6, 6.07) is 4.04. The second-order valence-electron chi connectivity index (χ2n) is 11.2. The van der Waals surface area contributed by atoms with Crippen molar-refractivity contribution in [1.29, 1.82) is 0 Å². The number of anilines is 1. The minimum Gasteiger partial charge on any atom is -0.394 e. The van der Waals surface area contributed by atoms with Crippen LogP contribution in [0.15, 0.2) is 43.5 Å². The molecule has 3 heterocycles. The molecule has 0 radical (unpaired) electrons. The number of thioether (sulfide) groups is 1. The number of hydrogen-bond acceptors (Lipinski definition) is 5. The van der Waals surface area contributed by atoms with Crippen LogP contribution in [0.2, 0.25) is 5.02 Å². The number of fused-ring (bicyclic) bond motifs is 1. The molecule has 3 aliphatic rings. The number of hydrogen-bond donors (Lipinski definition) is 1. The fourth-order valence-electron chi connectivity index (χ4n) is 7.03. The van der Waals surface area contributed by atoms with E-state index in [1.165, 1.54) is 0 Å². The van der Waals surface area contributed by atoms with Crippen LogP contribution in [-0.2, 0) is 14.4 Å². The number of para-hydroxylation sites is 1. The molecular formula is C30H40ClN3O4S. The first-order chi connectivity index (χ1) is 18.5. The largest absolute Gasteiger partial charge is 0.394 e. The fraction of sp³-hybridized carbons (Fsp3) is 0.567. The minimum atomic E-state index is -0.851. The predicted molar refractivity (Wildman–Crippen MR) is 158 cm³/mol. The highest BCUT2D eigenvalue weighted by Gasteiger charge is 2.78. The van der Waals surface area contributed by atoms with E-state index in [0.29, 0.717) is 30.2 Å². The van der Waals surface area contributed by atoms with Gasteiger partial charge in [-0.1, -0.05) is 42.8 Å². The molecule has 6 atom stereocenters. The number of benzene rings is 1. The Labute approximate surface area is 241 Å². The quantitative estimate of drug-likeness (QED) is 0.396. The van der Waals surface area contributed by atoms with Crippen LogP contribution in [0.3, 0.4) is 0 Å². The summed E-state index contributed by atoms with van der Waals surface area (Å²) in [5.41, 5.74) is 1.42. The molecule has 3 fully saturated rings. The molecule has 9 heteroatoms. The van der Waals surface area contributed by atoms with Gasteiger partial charge < -0.3 is 19.8 Å². The molecule has 2 unspecified atom stereocenters. The monoisotopic (exact) mass is 573 g/mol. The van der Waals surface area contributed by atoms with Crippen LogP contribution < -0.4 is 4.90 Å². The summed E-state index contributed by atoms with van der Waals surface area (Å²) in [4.78, 5) is 48.1. The maximum Gasteiger partial charge on any atom is 0.251 e. The number of amides is 3. The standard InChI is InChI=1S/C30H40ClN3O4S/c1-7-15-32(16-8-2)26(36)22-23-27(37)34(20(5)18-35)25(30(23)14-13-29(22,6)39-30)28(38)33(17-9-3)24-19(4)11-10-12-21(24)31/h7,9-12,20,22-23,25,35H,1,3,8,13-18H2,2,4-6H3/t20-,22-,23+,25?,29+,30?/m1/s1. The zero-order valence-corrected chi connectivity index (χ0v) is 24.9. The lowest BCUT2D eigenvalue weighted by atomic mass is 9.66. The molecule has 4 rings (SSSR count). The van der Waals surface area contributed by atoms with Gasteiger partial charge >= 0.3 is 0 Å². The van der Waals surface area contributed by atoms with Crippen LogP contribution in [0.4, 0.5) is 5.69 Å². The van der Waals surface area contributed by atoms with Crippen molar-refractivity contribution in [2.24, 2.45) is 11.8 Å². The van der Waals surface area contributed by atoms with E-state index in [9.17, 15) is 19.5 Å². The van der Waals surface area contributed by atoms with Crippen molar-refractivity contribution in [3.05, 3.63) is 54.1 Å². The molecule has 1 aromatic rings. The number of carbonyl (C=O) groups is 3. The summed E-state index contributed by atoms with van der Waals surface area (Å²) in [6.07, 6.45) is 5.52. The van der Waals surface area contributed by atoms with Crippen LogP contribution in [0.1, 0.15) is 45.6 Å².